The molecule has 0 saturated heterocycles. The minimum Gasteiger partial charge on any atom is -0.487 e. The second-order valence-electron chi connectivity index (χ2n) is 4.27. The molecule has 0 fully saturated rings. The van der Waals surface area contributed by atoms with Gasteiger partial charge in [-0.1, -0.05) is 18.2 Å². The summed E-state index contributed by atoms with van der Waals surface area (Å²) in [6, 6.07) is 3.40. The van der Waals surface area contributed by atoms with Crippen LogP contribution in [0, 0.1) is 10.1 Å². The quantitative estimate of drug-likeness (QED) is 0.614. The maximum Gasteiger partial charge on any atom is 0.320 e. The van der Waals surface area contributed by atoms with E-state index in [1.54, 1.807) is 12.1 Å². The molecule has 0 spiro atoms. The molecular formula is C14H12N2O3. The molecule has 0 amide bonds. The van der Waals surface area contributed by atoms with Crippen LogP contribution in [0.5, 0.6) is 5.75 Å². The van der Waals surface area contributed by atoms with Crippen LogP contribution in [0.15, 0.2) is 35.4 Å². The molecule has 0 aromatic heterocycles. The van der Waals surface area contributed by atoms with Gasteiger partial charge in [0.05, 0.1) is 28.5 Å². The van der Waals surface area contributed by atoms with Crippen molar-refractivity contribution in [3.8, 4) is 5.75 Å². The molecule has 1 aliphatic carbocycles. The summed E-state index contributed by atoms with van der Waals surface area (Å²) in [5, 5.41) is 11.4. The molecule has 1 aromatic rings. The average molecular weight is 256 g/mol. The Morgan fingerprint density at radius 1 is 1.47 bits per heavy atom. The van der Waals surface area contributed by atoms with Crippen molar-refractivity contribution < 1.29 is 9.66 Å². The van der Waals surface area contributed by atoms with E-state index in [0.717, 1.165) is 11.3 Å². The number of benzene rings is 1. The lowest BCUT2D eigenvalue weighted by Crippen LogP contribution is -2.03. The summed E-state index contributed by atoms with van der Waals surface area (Å²) in [6.07, 6.45) is 6.47. The monoisotopic (exact) mass is 256 g/mol. The summed E-state index contributed by atoms with van der Waals surface area (Å²) in [7, 11) is 0. The fraction of sp³-hybridized carbons (Fsp3) is 0.214. The molecule has 1 aliphatic heterocycles. The van der Waals surface area contributed by atoms with Crippen LogP contribution in [-0.2, 0) is 0 Å². The third-order valence-electron chi connectivity index (χ3n) is 3.15. The number of fused-ring (bicyclic) bond motifs is 3. The first-order chi connectivity index (χ1) is 9.22. The van der Waals surface area contributed by atoms with Gasteiger partial charge in [0, 0.05) is 12.0 Å². The van der Waals surface area contributed by atoms with Crippen molar-refractivity contribution in [1.29, 1.82) is 0 Å². The summed E-state index contributed by atoms with van der Waals surface area (Å²) < 4.78 is 5.37. The van der Waals surface area contributed by atoms with Gasteiger partial charge in [-0.25, -0.2) is 0 Å². The molecule has 0 radical (unpaired) electrons. The number of nitro benzene ring substituents is 1. The van der Waals surface area contributed by atoms with Crippen LogP contribution >= 0.6 is 0 Å². The SMILES string of the molecule is CCOc1ccc2c(c1[N+](=O)[O-])C1=CC=CCC1=N2. The van der Waals surface area contributed by atoms with Crippen LogP contribution in [0.1, 0.15) is 18.9 Å². The lowest BCUT2D eigenvalue weighted by molar-refractivity contribution is -0.386. The Hall–Kier alpha value is -2.43. The average Bonchev–Trinajstić information content (AvgIpc) is 2.77. The van der Waals surface area contributed by atoms with E-state index in [1.165, 1.54) is 0 Å². The number of nitrogens with zero attached hydrogens (tertiary/aromatic N) is 2. The molecule has 19 heavy (non-hydrogen) atoms. The zero-order valence-corrected chi connectivity index (χ0v) is 10.4. The van der Waals surface area contributed by atoms with Crippen LogP contribution in [0.25, 0.3) is 5.57 Å². The van der Waals surface area contributed by atoms with Crippen molar-refractivity contribution >= 4 is 22.7 Å². The summed E-state index contributed by atoms with van der Waals surface area (Å²) in [4.78, 5) is 15.4. The number of hydrogen-bond donors (Lipinski definition) is 0. The molecule has 0 unspecified atom stereocenters. The molecule has 96 valence electrons. The van der Waals surface area contributed by atoms with Gasteiger partial charge in [-0.3, -0.25) is 15.1 Å². The summed E-state index contributed by atoms with van der Waals surface area (Å²) in [5.74, 6) is 0.304. The molecular weight excluding hydrogens is 244 g/mol. The number of allylic oxidation sites excluding steroid dienone is 4. The highest BCUT2D eigenvalue weighted by Gasteiger charge is 2.32. The number of aliphatic imine (C=N–C) groups is 1. The third-order valence-corrected chi connectivity index (χ3v) is 3.15. The van der Waals surface area contributed by atoms with Gasteiger partial charge in [0.1, 0.15) is 0 Å². The highest BCUT2D eigenvalue weighted by Crippen LogP contribution is 2.46. The lowest BCUT2D eigenvalue weighted by Gasteiger charge is -2.09. The largest absolute Gasteiger partial charge is 0.487 e. The second-order valence-corrected chi connectivity index (χ2v) is 4.27. The fourth-order valence-corrected chi connectivity index (χ4v) is 2.40. The van der Waals surface area contributed by atoms with E-state index in [0.29, 0.717) is 30.0 Å². The zero-order chi connectivity index (χ0) is 13.4. The highest BCUT2D eigenvalue weighted by atomic mass is 16.6. The van der Waals surface area contributed by atoms with Gasteiger partial charge in [-0.2, -0.15) is 0 Å². The maximum atomic E-state index is 11.4. The highest BCUT2D eigenvalue weighted by molar-refractivity contribution is 6.31. The van der Waals surface area contributed by atoms with E-state index < -0.39 is 0 Å². The summed E-state index contributed by atoms with van der Waals surface area (Å²) in [5.41, 5.74) is 2.97. The van der Waals surface area contributed by atoms with Gasteiger partial charge in [0.15, 0.2) is 5.75 Å². The molecule has 1 aromatic carbocycles. The molecule has 0 saturated carbocycles. The van der Waals surface area contributed by atoms with E-state index >= 15 is 0 Å². The van der Waals surface area contributed by atoms with Crippen molar-refractivity contribution in [2.75, 3.05) is 6.61 Å². The number of ether oxygens (including phenoxy) is 1. The lowest BCUT2D eigenvalue weighted by atomic mass is 9.96. The summed E-state index contributed by atoms with van der Waals surface area (Å²) >= 11 is 0. The first kappa shape index (κ1) is 11.6. The molecule has 5 nitrogen and oxygen atoms in total. The predicted octanol–water partition coefficient (Wildman–Crippen LogP) is 3.42. The first-order valence-corrected chi connectivity index (χ1v) is 6.11. The smallest absolute Gasteiger partial charge is 0.320 e. The number of rotatable bonds is 3. The molecule has 2 aliphatic rings. The molecule has 3 rings (SSSR count). The maximum absolute atomic E-state index is 11.4. The van der Waals surface area contributed by atoms with E-state index in [2.05, 4.69) is 4.99 Å². The van der Waals surface area contributed by atoms with E-state index in [4.69, 9.17) is 4.74 Å². The van der Waals surface area contributed by atoms with Gasteiger partial charge in [0.25, 0.3) is 0 Å². The standard InChI is InChI=1S/C14H12N2O3/c1-2-19-12-8-7-11-13(14(12)16(17)18)9-5-3-4-6-10(9)15-11/h3-5,7-8H,2,6H2,1H3. The number of nitro groups is 1. The van der Waals surface area contributed by atoms with E-state index in [-0.39, 0.29) is 10.6 Å². The van der Waals surface area contributed by atoms with Gasteiger partial charge < -0.3 is 4.74 Å². The Morgan fingerprint density at radius 3 is 3.05 bits per heavy atom. The van der Waals surface area contributed by atoms with Gasteiger partial charge in [-0.05, 0) is 19.1 Å². The Balaban J connectivity index is 2.24. The van der Waals surface area contributed by atoms with Crippen LogP contribution in [0.3, 0.4) is 0 Å². The van der Waals surface area contributed by atoms with Gasteiger partial charge in [-0.15, -0.1) is 0 Å². The van der Waals surface area contributed by atoms with Crippen molar-refractivity contribution in [3.05, 3.63) is 46.0 Å². The van der Waals surface area contributed by atoms with Gasteiger partial charge >= 0.3 is 5.69 Å². The van der Waals surface area contributed by atoms with Crippen molar-refractivity contribution in [3.63, 3.8) is 0 Å². The second kappa shape index (κ2) is 4.35. The third kappa shape index (κ3) is 1.74. The van der Waals surface area contributed by atoms with Gasteiger partial charge in [0.2, 0.25) is 0 Å². The van der Waals surface area contributed by atoms with Crippen LogP contribution < -0.4 is 4.74 Å². The Labute approximate surface area is 110 Å². The van der Waals surface area contributed by atoms with E-state index in [1.807, 2.05) is 25.2 Å². The minimum atomic E-state index is -0.387. The molecule has 0 N–H and O–H groups in total. The zero-order valence-electron chi connectivity index (χ0n) is 10.4. The fourth-order valence-electron chi connectivity index (χ4n) is 2.40. The number of hydrogen-bond acceptors (Lipinski definition) is 4. The van der Waals surface area contributed by atoms with Crippen molar-refractivity contribution in [1.82, 2.24) is 0 Å². The Morgan fingerprint density at radius 2 is 2.32 bits per heavy atom. The topological polar surface area (TPSA) is 64.7 Å². The molecule has 5 heteroatoms. The van der Waals surface area contributed by atoms with E-state index in [9.17, 15) is 10.1 Å². The van der Waals surface area contributed by atoms with Crippen LogP contribution in [0.4, 0.5) is 11.4 Å². The Kier molecular flexibility index (Phi) is 2.67. The molecule has 0 bridgehead atoms. The van der Waals surface area contributed by atoms with Crippen LogP contribution in [-0.4, -0.2) is 17.2 Å². The van der Waals surface area contributed by atoms with Crippen molar-refractivity contribution in [2.45, 2.75) is 13.3 Å². The Bertz CT molecular complexity index is 657. The predicted molar refractivity (Wildman–Crippen MR) is 73.1 cm³/mol. The minimum absolute atomic E-state index is 0.0136. The summed E-state index contributed by atoms with van der Waals surface area (Å²) in [6.45, 7) is 2.20. The first-order valence-electron chi connectivity index (χ1n) is 6.11. The van der Waals surface area contributed by atoms with Crippen LogP contribution in [0.2, 0.25) is 0 Å². The normalized spacial score (nSPS) is 15.4. The van der Waals surface area contributed by atoms with Crippen molar-refractivity contribution in [2.24, 2.45) is 4.99 Å². The molecule has 0 atom stereocenters. The molecule has 1 heterocycles.